The van der Waals surface area contributed by atoms with Gasteiger partial charge in [0.2, 0.25) is 0 Å². The van der Waals surface area contributed by atoms with Gasteiger partial charge in [0.25, 0.3) is 5.91 Å². The summed E-state index contributed by atoms with van der Waals surface area (Å²) >= 11 is 0. The van der Waals surface area contributed by atoms with Gasteiger partial charge in [-0.3, -0.25) is 4.79 Å². The van der Waals surface area contributed by atoms with Crippen molar-refractivity contribution in [2.45, 2.75) is 18.8 Å². The number of rotatable bonds is 3. The van der Waals surface area contributed by atoms with Crippen LogP contribution in [0, 0.1) is 0 Å². The van der Waals surface area contributed by atoms with E-state index >= 15 is 0 Å². The molecule has 1 aliphatic carbocycles. The molecule has 1 fully saturated rings. The van der Waals surface area contributed by atoms with E-state index < -0.39 is 0 Å². The van der Waals surface area contributed by atoms with Crippen molar-refractivity contribution < 1.29 is 4.79 Å². The van der Waals surface area contributed by atoms with E-state index in [1.807, 2.05) is 12.1 Å². The van der Waals surface area contributed by atoms with Crippen molar-refractivity contribution >= 4 is 17.4 Å². The van der Waals surface area contributed by atoms with Gasteiger partial charge in [0.1, 0.15) is 11.4 Å². The van der Waals surface area contributed by atoms with Gasteiger partial charge >= 0.3 is 0 Å². The summed E-state index contributed by atoms with van der Waals surface area (Å²) in [5, 5.41) is 6.93. The summed E-state index contributed by atoms with van der Waals surface area (Å²) in [6, 6.07) is 7.49. The molecule has 0 radical (unpaired) electrons. The number of pyridine rings is 1. The lowest BCUT2D eigenvalue weighted by Gasteiger charge is -2.05. The van der Waals surface area contributed by atoms with E-state index in [-0.39, 0.29) is 5.91 Å². The average molecular weight is 279 g/mol. The molecule has 4 rings (SSSR count). The van der Waals surface area contributed by atoms with E-state index in [2.05, 4.69) is 20.4 Å². The number of anilines is 1. The summed E-state index contributed by atoms with van der Waals surface area (Å²) in [6.07, 6.45) is 7.28. The molecule has 0 aromatic carbocycles. The molecule has 3 aromatic heterocycles. The zero-order valence-corrected chi connectivity index (χ0v) is 11.2. The summed E-state index contributed by atoms with van der Waals surface area (Å²) in [7, 11) is 0. The monoisotopic (exact) mass is 279 g/mol. The fourth-order valence-electron chi connectivity index (χ4n) is 2.30. The number of hydrogen-bond donors (Lipinski definition) is 1. The van der Waals surface area contributed by atoms with Crippen LogP contribution in [0.2, 0.25) is 0 Å². The van der Waals surface area contributed by atoms with Gasteiger partial charge in [0, 0.05) is 24.0 Å². The van der Waals surface area contributed by atoms with Gasteiger partial charge in [-0.15, -0.1) is 0 Å². The van der Waals surface area contributed by atoms with Gasteiger partial charge < -0.3 is 5.32 Å². The molecule has 0 aliphatic heterocycles. The van der Waals surface area contributed by atoms with Crippen molar-refractivity contribution in [3.8, 4) is 0 Å². The number of nitrogens with one attached hydrogen (secondary N) is 1. The second-order valence-electron chi connectivity index (χ2n) is 5.12. The van der Waals surface area contributed by atoms with Gasteiger partial charge in [-0.1, -0.05) is 6.07 Å². The second-order valence-corrected chi connectivity index (χ2v) is 5.12. The molecular weight excluding hydrogens is 266 g/mol. The van der Waals surface area contributed by atoms with Crippen molar-refractivity contribution in [1.29, 1.82) is 0 Å². The summed E-state index contributed by atoms with van der Waals surface area (Å²) in [5.74, 6) is 0.879. The van der Waals surface area contributed by atoms with Gasteiger partial charge in [-0.05, 0) is 31.0 Å². The Balaban J connectivity index is 1.61. The van der Waals surface area contributed by atoms with Gasteiger partial charge in [0.05, 0.1) is 6.20 Å². The van der Waals surface area contributed by atoms with Crippen LogP contribution in [0.4, 0.5) is 5.82 Å². The average Bonchev–Trinajstić information content (AvgIpc) is 3.27. The summed E-state index contributed by atoms with van der Waals surface area (Å²) in [5.41, 5.74) is 2.02. The van der Waals surface area contributed by atoms with Gasteiger partial charge in [0.15, 0.2) is 5.65 Å². The Labute approximate surface area is 120 Å². The van der Waals surface area contributed by atoms with Crippen molar-refractivity contribution in [3.63, 3.8) is 0 Å². The van der Waals surface area contributed by atoms with Crippen molar-refractivity contribution in [1.82, 2.24) is 19.6 Å². The lowest BCUT2D eigenvalue weighted by atomic mass is 10.2. The fraction of sp³-hybridized carbons (Fsp3) is 0.200. The minimum absolute atomic E-state index is 0.246. The minimum atomic E-state index is -0.246. The number of carbonyl (C=O) groups is 1. The maximum atomic E-state index is 12.3. The first kappa shape index (κ1) is 12.0. The maximum Gasteiger partial charge on any atom is 0.262 e. The molecule has 1 N–H and O–H groups in total. The first-order valence-electron chi connectivity index (χ1n) is 6.88. The smallest absolute Gasteiger partial charge is 0.262 e. The molecule has 3 aromatic rings. The number of hydrogen-bond acceptors (Lipinski definition) is 4. The molecule has 1 aliphatic rings. The molecule has 0 spiro atoms. The number of amides is 1. The molecule has 104 valence electrons. The highest BCUT2D eigenvalue weighted by Gasteiger charge is 2.25. The number of aromatic nitrogens is 4. The van der Waals surface area contributed by atoms with E-state index in [1.54, 1.807) is 29.0 Å². The van der Waals surface area contributed by atoms with Crippen LogP contribution in [0.15, 0.2) is 42.9 Å². The lowest BCUT2D eigenvalue weighted by molar-refractivity contribution is 0.102. The fourth-order valence-corrected chi connectivity index (χ4v) is 2.30. The summed E-state index contributed by atoms with van der Waals surface area (Å²) in [6.45, 7) is 0. The molecule has 21 heavy (non-hydrogen) atoms. The Kier molecular flexibility index (Phi) is 2.67. The predicted molar refractivity (Wildman–Crippen MR) is 77.2 cm³/mol. The Bertz CT molecular complexity index is 822. The van der Waals surface area contributed by atoms with E-state index in [0.29, 0.717) is 22.9 Å². The highest BCUT2D eigenvalue weighted by molar-refractivity contribution is 6.07. The second kappa shape index (κ2) is 4.66. The van der Waals surface area contributed by atoms with Crippen LogP contribution in [-0.4, -0.2) is 25.5 Å². The predicted octanol–water partition coefficient (Wildman–Crippen LogP) is 2.25. The van der Waals surface area contributed by atoms with E-state index in [1.165, 1.54) is 19.0 Å². The Hall–Kier alpha value is -2.76. The molecule has 1 saturated carbocycles. The molecule has 3 heterocycles. The molecule has 1 amide bonds. The molecule has 0 unspecified atom stereocenters. The van der Waals surface area contributed by atoms with Crippen LogP contribution in [0.5, 0.6) is 0 Å². The van der Waals surface area contributed by atoms with Crippen LogP contribution in [0.3, 0.4) is 0 Å². The lowest BCUT2D eigenvalue weighted by Crippen LogP contribution is -2.13. The van der Waals surface area contributed by atoms with Crippen LogP contribution in [0.25, 0.3) is 5.65 Å². The topological polar surface area (TPSA) is 72.2 Å². The molecule has 0 saturated heterocycles. The third kappa shape index (κ3) is 2.24. The largest absolute Gasteiger partial charge is 0.306 e. The minimum Gasteiger partial charge on any atom is -0.306 e. The molecule has 6 nitrogen and oxygen atoms in total. The highest BCUT2D eigenvalue weighted by atomic mass is 16.1. The Morgan fingerprint density at radius 3 is 3.05 bits per heavy atom. The number of nitrogens with zero attached hydrogens (tertiary/aromatic N) is 4. The molecular formula is C15H13N5O. The molecule has 6 heteroatoms. The number of fused-ring (bicyclic) bond motifs is 1. The Morgan fingerprint density at radius 1 is 1.29 bits per heavy atom. The first-order chi connectivity index (χ1) is 10.3. The van der Waals surface area contributed by atoms with E-state index in [0.717, 1.165) is 5.69 Å². The third-order valence-corrected chi connectivity index (χ3v) is 3.53. The van der Waals surface area contributed by atoms with Crippen molar-refractivity contribution in [3.05, 3.63) is 54.1 Å². The molecule has 0 atom stereocenters. The van der Waals surface area contributed by atoms with Crippen LogP contribution < -0.4 is 5.32 Å². The first-order valence-corrected chi connectivity index (χ1v) is 6.88. The van der Waals surface area contributed by atoms with Crippen molar-refractivity contribution in [2.75, 3.05) is 5.32 Å². The summed E-state index contributed by atoms with van der Waals surface area (Å²) in [4.78, 5) is 21.0. The molecule has 0 bridgehead atoms. The standard InChI is InChI=1S/C15H13N5O/c21-15(11-9-17-20-8-2-7-16-14(11)20)19-13-4-1-3-12(18-13)10-5-6-10/h1-4,7-10H,5-6H2,(H,18,19,21). The van der Waals surface area contributed by atoms with Crippen LogP contribution in [-0.2, 0) is 0 Å². The van der Waals surface area contributed by atoms with Gasteiger partial charge in [-0.25, -0.2) is 14.5 Å². The zero-order chi connectivity index (χ0) is 14.2. The van der Waals surface area contributed by atoms with Crippen LogP contribution in [0.1, 0.15) is 34.8 Å². The summed E-state index contributed by atoms with van der Waals surface area (Å²) < 4.78 is 1.57. The highest BCUT2D eigenvalue weighted by Crippen LogP contribution is 2.39. The third-order valence-electron chi connectivity index (χ3n) is 3.53. The normalized spacial score (nSPS) is 14.3. The Morgan fingerprint density at radius 2 is 2.19 bits per heavy atom. The zero-order valence-electron chi connectivity index (χ0n) is 11.2. The van der Waals surface area contributed by atoms with Crippen molar-refractivity contribution in [2.24, 2.45) is 0 Å². The van der Waals surface area contributed by atoms with E-state index in [4.69, 9.17) is 0 Å². The quantitative estimate of drug-likeness (QED) is 0.798. The van der Waals surface area contributed by atoms with E-state index in [9.17, 15) is 4.79 Å². The number of carbonyl (C=O) groups excluding carboxylic acids is 1. The SMILES string of the molecule is O=C(Nc1cccc(C2CC2)n1)c1cnn2cccnc12. The van der Waals surface area contributed by atoms with Crippen LogP contribution >= 0.6 is 0 Å². The van der Waals surface area contributed by atoms with Gasteiger partial charge in [-0.2, -0.15) is 5.10 Å². The maximum absolute atomic E-state index is 12.3.